The molecule has 1 aromatic heterocycles. The Morgan fingerprint density at radius 1 is 1.04 bits per heavy atom. The second kappa shape index (κ2) is 7.02. The third-order valence-corrected chi connectivity index (χ3v) is 4.58. The molecule has 3 nitrogen and oxygen atoms in total. The number of pyridine rings is 1. The van der Waals surface area contributed by atoms with E-state index in [0.29, 0.717) is 12.5 Å². The van der Waals surface area contributed by atoms with E-state index >= 15 is 0 Å². The Balaban J connectivity index is 1.51. The summed E-state index contributed by atoms with van der Waals surface area (Å²) in [7, 11) is 0. The van der Waals surface area contributed by atoms with Crippen LogP contribution in [0.15, 0.2) is 60.8 Å². The third kappa shape index (κ3) is 3.41. The predicted molar refractivity (Wildman–Crippen MR) is 95.3 cm³/mol. The van der Waals surface area contributed by atoms with E-state index in [-0.39, 0.29) is 0 Å². The molecule has 4 rings (SSSR count). The minimum atomic E-state index is 0.490. The molecule has 0 aliphatic carbocycles. The lowest BCUT2D eigenvalue weighted by Crippen LogP contribution is -2.15. The number of ether oxygens (including phenoxy) is 2. The molecule has 0 radical (unpaired) electrons. The zero-order valence-electron chi connectivity index (χ0n) is 13.7. The van der Waals surface area contributed by atoms with Crippen LogP contribution in [0.1, 0.15) is 30.0 Å². The molecule has 1 atom stereocenters. The Hall–Kier alpha value is -2.39. The predicted octanol–water partition coefficient (Wildman–Crippen LogP) is 4.71. The van der Waals surface area contributed by atoms with E-state index in [1.807, 2.05) is 24.3 Å². The second-order valence-corrected chi connectivity index (χ2v) is 6.29. The molecular formula is C21H21NO2. The summed E-state index contributed by atoms with van der Waals surface area (Å²) < 4.78 is 11.5. The molecule has 3 aromatic rings. The number of aromatic nitrogens is 1. The first-order valence-electron chi connectivity index (χ1n) is 8.53. The molecule has 122 valence electrons. The fourth-order valence-corrected chi connectivity index (χ4v) is 3.23. The highest BCUT2D eigenvalue weighted by Gasteiger charge is 2.16. The summed E-state index contributed by atoms with van der Waals surface area (Å²) in [5, 5.41) is 2.46. The van der Waals surface area contributed by atoms with Gasteiger partial charge in [0.05, 0.1) is 12.3 Å². The minimum Gasteiger partial charge on any atom is -0.487 e. The summed E-state index contributed by atoms with van der Waals surface area (Å²) >= 11 is 0. The molecule has 0 amide bonds. The Bertz CT molecular complexity index is 810. The van der Waals surface area contributed by atoms with E-state index in [1.54, 1.807) is 6.20 Å². The summed E-state index contributed by atoms with van der Waals surface area (Å²) in [4.78, 5) is 4.28. The fourth-order valence-electron chi connectivity index (χ4n) is 3.23. The quantitative estimate of drug-likeness (QED) is 0.698. The SMILES string of the molecule is c1ccc(COc2ccc3cc(C4CCCOC4)ccc3c2)nc1. The summed E-state index contributed by atoms with van der Waals surface area (Å²) in [6, 6.07) is 18.8. The number of hydrogen-bond acceptors (Lipinski definition) is 3. The van der Waals surface area contributed by atoms with Crippen molar-refractivity contribution in [3.05, 3.63) is 72.1 Å². The van der Waals surface area contributed by atoms with Crippen molar-refractivity contribution in [3.63, 3.8) is 0 Å². The van der Waals surface area contributed by atoms with Crippen LogP contribution < -0.4 is 4.74 Å². The summed E-state index contributed by atoms with van der Waals surface area (Å²) in [5.74, 6) is 1.41. The van der Waals surface area contributed by atoms with Crippen LogP contribution >= 0.6 is 0 Å². The van der Waals surface area contributed by atoms with Crippen molar-refractivity contribution in [2.45, 2.75) is 25.4 Å². The molecule has 0 bridgehead atoms. The molecule has 0 spiro atoms. The van der Waals surface area contributed by atoms with Gasteiger partial charge in [-0.25, -0.2) is 0 Å². The molecule has 0 N–H and O–H groups in total. The maximum Gasteiger partial charge on any atom is 0.130 e. The number of nitrogens with zero attached hydrogens (tertiary/aromatic N) is 1. The largest absolute Gasteiger partial charge is 0.487 e. The molecule has 1 aliphatic rings. The molecule has 24 heavy (non-hydrogen) atoms. The lowest BCUT2D eigenvalue weighted by Gasteiger charge is -2.22. The van der Waals surface area contributed by atoms with Gasteiger partial charge in [-0.3, -0.25) is 4.98 Å². The van der Waals surface area contributed by atoms with Crippen molar-refractivity contribution in [2.75, 3.05) is 13.2 Å². The Kier molecular flexibility index (Phi) is 4.43. The van der Waals surface area contributed by atoms with E-state index in [0.717, 1.165) is 31.1 Å². The molecular weight excluding hydrogens is 298 g/mol. The van der Waals surface area contributed by atoms with Gasteiger partial charge in [-0.1, -0.05) is 30.3 Å². The highest BCUT2D eigenvalue weighted by Crippen LogP contribution is 2.29. The number of hydrogen-bond donors (Lipinski definition) is 0. The van der Waals surface area contributed by atoms with E-state index in [1.165, 1.54) is 22.8 Å². The van der Waals surface area contributed by atoms with Gasteiger partial charge < -0.3 is 9.47 Å². The van der Waals surface area contributed by atoms with Crippen LogP contribution in [0.25, 0.3) is 10.8 Å². The summed E-state index contributed by atoms with van der Waals surface area (Å²) in [5.41, 5.74) is 2.31. The monoisotopic (exact) mass is 319 g/mol. The number of benzene rings is 2. The average molecular weight is 319 g/mol. The summed E-state index contributed by atoms with van der Waals surface area (Å²) in [6.07, 6.45) is 4.16. The smallest absolute Gasteiger partial charge is 0.130 e. The lowest BCUT2D eigenvalue weighted by molar-refractivity contribution is 0.0805. The minimum absolute atomic E-state index is 0.490. The normalized spacial score (nSPS) is 17.8. The molecule has 3 heteroatoms. The number of rotatable bonds is 4. The fraction of sp³-hybridized carbons (Fsp3) is 0.286. The third-order valence-electron chi connectivity index (χ3n) is 4.58. The van der Waals surface area contributed by atoms with Crippen molar-refractivity contribution in [2.24, 2.45) is 0 Å². The van der Waals surface area contributed by atoms with Gasteiger partial charge >= 0.3 is 0 Å². The average Bonchev–Trinajstić information content (AvgIpc) is 2.67. The van der Waals surface area contributed by atoms with Crippen LogP contribution in [0.5, 0.6) is 5.75 Å². The zero-order chi connectivity index (χ0) is 16.2. The van der Waals surface area contributed by atoms with Gasteiger partial charge in [0.2, 0.25) is 0 Å². The van der Waals surface area contributed by atoms with Gasteiger partial charge in [-0.05, 0) is 53.4 Å². The highest BCUT2D eigenvalue weighted by atomic mass is 16.5. The van der Waals surface area contributed by atoms with Crippen LogP contribution in [0, 0.1) is 0 Å². The van der Waals surface area contributed by atoms with Crippen molar-refractivity contribution in [1.29, 1.82) is 0 Å². The molecule has 1 unspecified atom stereocenters. The van der Waals surface area contributed by atoms with Crippen LogP contribution in [-0.2, 0) is 11.3 Å². The standard InChI is InChI=1S/C21H21NO2/c1-2-10-22-20(5-1)15-24-21-9-8-16-12-17(6-7-18(16)13-21)19-4-3-11-23-14-19/h1-2,5-10,12-13,19H,3-4,11,14-15H2. The Labute approximate surface area is 142 Å². The van der Waals surface area contributed by atoms with Crippen LogP contribution in [0.3, 0.4) is 0 Å². The van der Waals surface area contributed by atoms with Gasteiger partial charge in [0.15, 0.2) is 0 Å². The van der Waals surface area contributed by atoms with E-state index in [2.05, 4.69) is 35.3 Å². The molecule has 1 fully saturated rings. The maximum atomic E-state index is 5.86. The van der Waals surface area contributed by atoms with Gasteiger partial charge in [0.1, 0.15) is 12.4 Å². The molecule has 2 heterocycles. The van der Waals surface area contributed by atoms with Crippen molar-refractivity contribution >= 4 is 10.8 Å². The molecule has 1 saturated heterocycles. The Morgan fingerprint density at radius 3 is 2.79 bits per heavy atom. The van der Waals surface area contributed by atoms with Crippen LogP contribution in [0.4, 0.5) is 0 Å². The highest BCUT2D eigenvalue weighted by molar-refractivity contribution is 5.84. The topological polar surface area (TPSA) is 31.4 Å². The summed E-state index contributed by atoms with van der Waals surface area (Å²) in [6.45, 7) is 2.24. The van der Waals surface area contributed by atoms with Gasteiger partial charge in [-0.15, -0.1) is 0 Å². The van der Waals surface area contributed by atoms with Crippen molar-refractivity contribution in [1.82, 2.24) is 4.98 Å². The zero-order valence-corrected chi connectivity index (χ0v) is 13.7. The maximum absolute atomic E-state index is 5.86. The lowest BCUT2D eigenvalue weighted by atomic mass is 9.92. The van der Waals surface area contributed by atoms with E-state index in [9.17, 15) is 0 Å². The van der Waals surface area contributed by atoms with Crippen LogP contribution in [0.2, 0.25) is 0 Å². The second-order valence-electron chi connectivity index (χ2n) is 6.29. The first kappa shape index (κ1) is 15.2. The molecule has 2 aromatic carbocycles. The van der Waals surface area contributed by atoms with Gasteiger partial charge in [0.25, 0.3) is 0 Å². The van der Waals surface area contributed by atoms with Gasteiger partial charge in [-0.2, -0.15) is 0 Å². The van der Waals surface area contributed by atoms with E-state index in [4.69, 9.17) is 9.47 Å². The molecule has 0 saturated carbocycles. The number of fused-ring (bicyclic) bond motifs is 1. The van der Waals surface area contributed by atoms with Gasteiger partial charge in [0, 0.05) is 18.7 Å². The first-order chi connectivity index (χ1) is 11.9. The van der Waals surface area contributed by atoms with Crippen molar-refractivity contribution in [3.8, 4) is 5.75 Å². The Morgan fingerprint density at radius 2 is 1.96 bits per heavy atom. The van der Waals surface area contributed by atoms with Crippen molar-refractivity contribution < 1.29 is 9.47 Å². The molecule has 1 aliphatic heterocycles. The van der Waals surface area contributed by atoms with E-state index < -0.39 is 0 Å². The van der Waals surface area contributed by atoms with Crippen LogP contribution in [-0.4, -0.2) is 18.2 Å². The first-order valence-corrected chi connectivity index (χ1v) is 8.53.